The fraction of sp³-hybridized carbons (Fsp3) is 0.500. The maximum absolute atomic E-state index is 13.4. The summed E-state index contributed by atoms with van der Waals surface area (Å²) in [6.45, 7) is 3.23. The van der Waals surface area contributed by atoms with E-state index in [0.717, 1.165) is 36.9 Å². The van der Waals surface area contributed by atoms with Gasteiger partial charge in [-0.25, -0.2) is 23.0 Å². The molecule has 5 rings (SSSR count). The number of rotatable bonds is 5. The molecule has 11 heteroatoms. The molecule has 9 nitrogen and oxygen atoms in total. The number of ether oxygens (including phenoxy) is 1. The molecule has 2 amide bonds. The van der Waals surface area contributed by atoms with Crippen molar-refractivity contribution in [3.63, 3.8) is 0 Å². The predicted molar refractivity (Wildman–Crippen MR) is 127 cm³/mol. The Morgan fingerprint density at radius 3 is 2.74 bits per heavy atom. The number of nitrogens with zero attached hydrogens (tertiary/aromatic N) is 2. The van der Waals surface area contributed by atoms with Crippen LogP contribution in [0.25, 0.3) is 0 Å². The predicted octanol–water partition coefficient (Wildman–Crippen LogP) is 2.58. The first-order valence-electron chi connectivity index (χ1n) is 11.7. The molecule has 1 spiro atoms. The second-order valence-electron chi connectivity index (χ2n) is 10.00. The van der Waals surface area contributed by atoms with Gasteiger partial charge in [-0.1, -0.05) is 12.5 Å². The van der Waals surface area contributed by atoms with Crippen LogP contribution in [0.1, 0.15) is 39.0 Å². The topological polar surface area (TPSA) is 108 Å². The second-order valence-corrected chi connectivity index (χ2v) is 11.7. The number of sulfonamides is 1. The van der Waals surface area contributed by atoms with Crippen molar-refractivity contribution in [3.8, 4) is 0 Å². The van der Waals surface area contributed by atoms with Crippen LogP contribution in [-0.4, -0.2) is 56.8 Å². The van der Waals surface area contributed by atoms with E-state index in [9.17, 15) is 22.4 Å². The van der Waals surface area contributed by atoms with Crippen molar-refractivity contribution in [1.82, 2.24) is 15.0 Å². The molecule has 0 unspecified atom stereocenters. The molecule has 2 heterocycles. The van der Waals surface area contributed by atoms with Gasteiger partial charge in [0.2, 0.25) is 15.9 Å². The molecule has 0 aromatic heterocycles. The summed E-state index contributed by atoms with van der Waals surface area (Å²) in [5.41, 5.74) is 6.59. The van der Waals surface area contributed by atoms with Crippen LogP contribution >= 0.6 is 0 Å². The fourth-order valence-electron chi connectivity index (χ4n) is 5.87. The lowest BCUT2D eigenvalue weighted by Crippen LogP contribution is -2.54. The molecule has 2 aliphatic heterocycles. The molecule has 1 saturated carbocycles. The van der Waals surface area contributed by atoms with Gasteiger partial charge in [-0.05, 0) is 61.6 Å². The number of hydrazine groups is 1. The Kier molecular flexibility index (Phi) is 5.67. The summed E-state index contributed by atoms with van der Waals surface area (Å²) in [6.07, 6.45) is 5.69. The van der Waals surface area contributed by atoms with Gasteiger partial charge in [0, 0.05) is 24.9 Å². The Morgan fingerprint density at radius 1 is 1.29 bits per heavy atom. The summed E-state index contributed by atoms with van der Waals surface area (Å²) in [4.78, 5) is 26.3. The zero-order valence-corrected chi connectivity index (χ0v) is 20.6. The number of carbonyl (C=O) groups excluding carboxylic acids is 2. The summed E-state index contributed by atoms with van der Waals surface area (Å²) in [6, 6.07) is 6.36. The number of halogens is 1. The minimum atomic E-state index is -3.65. The lowest BCUT2D eigenvalue weighted by Gasteiger charge is -2.51. The van der Waals surface area contributed by atoms with Gasteiger partial charge in [-0.2, -0.15) is 0 Å². The zero-order valence-electron chi connectivity index (χ0n) is 19.8. The number of benzene rings is 1. The first kappa shape index (κ1) is 23.8. The van der Waals surface area contributed by atoms with Gasteiger partial charge in [0.15, 0.2) is 0 Å². The molecule has 35 heavy (non-hydrogen) atoms. The molecular formula is C24H29FN4O5S. The maximum atomic E-state index is 13.4. The van der Waals surface area contributed by atoms with Gasteiger partial charge in [0.05, 0.1) is 24.2 Å². The van der Waals surface area contributed by atoms with E-state index in [1.807, 2.05) is 9.73 Å². The largest absolute Gasteiger partial charge is 0.440 e. The molecule has 1 saturated heterocycles. The van der Waals surface area contributed by atoms with Crippen LogP contribution in [0, 0.1) is 11.2 Å². The molecular weight excluding hydrogens is 475 g/mol. The van der Waals surface area contributed by atoms with E-state index >= 15 is 0 Å². The average Bonchev–Trinajstić information content (AvgIpc) is 3.32. The third-order valence-corrected chi connectivity index (χ3v) is 8.25. The number of allylic oxidation sites excluding steroid dienone is 1. The minimum absolute atomic E-state index is 0.0882. The molecule has 1 aromatic carbocycles. The summed E-state index contributed by atoms with van der Waals surface area (Å²) in [5.74, 6) is -0.936. The summed E-state index contributed by atoms with van der Waals surface area (Å²) < 4.78 is 44.0. The molecule has 2 fully saturated rings. The third-order valence-electron chi connectivity index (χ3n) is 7.65. The number of nitrogens with one attached hydrogen (secondary N) is 2. The van der Waals surface area contributed by atoms with Crippen LogP contribution in [0.15, 0.2) is 47.2 Å². The van der Waals surface area contributed by atoms with Gasteiger partial charge < -0.3 is 9.64 Å². The maximum Gasteiger partial charge on any atom is 0.410 e. The molecule has 2 atom stereocenters. The van der Waals surface area contributed by atoms with Crippen LogP contribution in [0.5, 0.6) is 0 Å². The highest BCUT2D eigenvalue weighted by Crippen LogP contribution is 2.58. The van der Waals surface area contributed by atoms with E-state index in [-0.39, 0.29) is 18.8 Å². The van der Waals surface area contributed by atoms with Gasteiger partial charge in [0.25, 0.3) is 0 Å². The average molecular weight is 505 g/mol. The highest BCUT2D eigenvalue weighted by molar-refractivity contribution is 7.89. The highest BCUT2D eigenvalue weighted by atomic mass is 32.2. The Bertz CT molecular complexity index is 1240. The molecule has 2 aliphatic carbocycles. The number of hydrogen-bond donors (Lipinski definition) is 2. The smallest absolute Gasteiger partial charge is 0.410 e. The van der Waals surface area contributed by atoms with E-state index in [2.05, 4.69) is 18.4 Å². The van der Waals surface area contributed by atoms with E-state index in [0.29, 0.717) is 19.5 Å². The van der Waals surface area contributed by atoms with Crippen LogP contribution in [0.4, 0.5) is 14.9 Å². The number of anilines is 1. The van der Waals surface area contributed by atoms with Crippen LogP contribution in [0.2, 0.25) is 0 Å². The molecule has 1 aromatic rings. The third kappa shape index (κ3) is 4.20. The Morgan fingerprint density at radius 2 is 2.03 bits per heavy atom. The van der Waals surface area contributed by atoms with Crippen molar-refractivity contribution in [3.05, 3.63) is 53.0 Å². The second kappa shape index (κ2) is 8.34. The van der Waals surface area contributed by atoms with Gasteiger partial charge in [-0.15, -0.1) is 0 Å². The van der Waals surface area contributed by atoms with Crippen molar-refractivity contribution in [1.29, 1.82) is 0 Å². The summed E-state index contributed by atoms with van der Waals surface area (Å²) >= 11 is 0. The van der Waals surface area contributed by atoms with Crippen molar-refractivity contribution in [2.45, 2.75) is 44.6 Å². The van der Waals surface area contributed by atoms with Crippen molar-refractivity contribution in [2.75, 3.05) is 30.9 Å². The molecule has 188 valence electrons. The highest BCUT2D eigenvalue weighted by Gasteiger charge is 2.61. The number of amides is 2. The quantitative estimate of drug-likeness (QED) is 0.635. The molecule has 4 aliphatic rings. The number of carbonyl (C=O) groups is 2. The molecule has 0 radical (unpaired) electrons. The minimum Gasteiger partial charge on any atom is -0.440 e. The van der Waals surface area contributed by atoms with Crippen LogP contribution < -0.4 is 15.2 Å². The van der Waals surface area contributed by atoms with E-state index < -0.39 is 33.0 Å². The standard InChI is InChI=1S/C24H29FN4O5S/c1-23-13-16-14-26-29(19-7-5-18(25)6-8-19)20(16)12-17(23)4-3-10-24(23)15-28(22(31)34-24)11-9-21(30)27-35(2,32)33/h5-8,12,26H,3-4,9-11,13-15H2,1-2H3,(H,27,30)/t23-,24+/m0/s1. The number of hydrogen-bond acceptors (Lipinski definition) is 7. The monoisotopic (exact) mass is 504 g/mol. The molecule has 0 bridgehead atoms. The number of fused-ring (bicyclic) bond motifs is 2. The zero-order chi connectivity index (χ0) is 25.0. The normalized spacial score (nSPS) is 28.1. The first-order valence-corrected chi connectivity index (χ1v) is 13.6. The Hall–Kier alpha value is -2.92. The van der Waals surface area contributed by atoms with E-state index in [4.69, 9.17) is 4.74 Å². The Labute approximate surface area is 204 Å². The fourth-order valence-corrected chi connectivity index (χ4v) is 6.39. The summed E-state index contributed by atoms with van der Waals surface area (Å²) in [5, 5.41) is 1.98. The van der Waals surface area contributed by atoms with Crippen molar-refractivity contribution in [2.24, 2.45) is 5.41 Å². The van der Waals surface area contributed by atoms with Crippen LogP contribution in [0.3, 0.4) is 0 Å². The molecule has 2 N–H and O–H groups in total. The van der Waals surface area contributed by atoms with E-state index in [1.165, 1.54) is 28.2 Å². The summed E-state index contributed by atoms with van der Waals surface area (Å²) in [7, 11) is -3.65. The lowest BCUT2D eigenvalue weighted by molar-refractivity contribution is -0.119. The lowest BCUT2D eigenvalue weighted by atomic mass is 9.57. The van der Waals surface area contributed by atoms with Gasteiger partial charge in [0.1, 0.15) is 11.4 Å². The van der Waals surface area contributed by atoms with Crippen LogP contribution in [-0.2, 0) is 19.6 Å². The van der Waals surface area contributed by atoms with Crippen molar-refractivity contribution < 1.29 is 27.1 Å². The van der Waals surface area contributed by atoms with E-state index in [1.54, 1.807) is 12.1 Å². The van der Waals surface area contributed by atoms with Crippen molar-refractivity contribution >= 4 is 27.7 Å². The van der Waals surface area contributed by atoms with Gasteiger partial charge >= 0.3 is 6.09 Å². The first-order chi connectivity index (χ1) is 16.5. The van der Waals surface area contributed by atoms with Gasteiger partial charge in [-0.3, -0.25) is 14.5 Å². The SMILES string of the molecule is C[C@]12CC3=C(C=C1CCC[C@@]21CN(CCC(=O)NS(C)(=O)=O)C(=O)O1)N(c1ccc(F)cc1)NC3. The Balaban J connectivity index is 1.36.